The minimum absolute atomic E-state index is 0.199. The Morgan fingerprint density at radius 1 is 0.952 bits per heavy atom. The maximum absolute atomic E-state index is 12.1. The van der Waals surface area contributed by atoms with Crippen molar-refractivity contribution in [2.45, 2.75) is 18.7 Å². The number of anilines is 1. The van der Waals surface area contributed by atoms with E-state index in [1.807, 2.05) is 32.0 Å². The number of hydrogen-bond donors (Lipinski definition) is 1. The fourth-order valence-corrected chi connectivity index (χ4v) is 2.73. The van der Waals surface area contributed by atoms with Crippen molar-refractivity contribution in [3.63, 3.8) is 0 Å². The zero-order valence-corrected chi connectivity index (χ0v) is 13.0. The smallest absolute Gasteiger partial charge is 0.255 e. The van der Waals surface area contributed by atoms with E-state index in [4.69, 9.17) is 0 Å². The minimum atomic E-state index is -3.25. The zero-order valence-electron chi connectivity index (χ0n) is 12.2. The average Bonchev–Trinajstić information content (AvgIpc) is 2.36. The van der Waals surface area contributed by atoms with Gasteiger partial charge in [0.15, 0.2) is 9.84 Å². The van der Waals surface area contributed by atoms with E-state index in [9.17, 15) is 13.2 Å². The molecule has 1 N–H and O–H groups in total. The Labute approximate surface area is 124 Å². The molecule has 0 atom stereocenters. The van der Waals surface area contributed by atoms with Crippen molar-refractivity contribution >= 4 is 21.4 Å². The van der Waals surface area contributed by atoms with Crippen molar-refractivity contribution < 1.29 is 13.2 Å². The summed E-state index contributed by atoms with van der Waals surface area (Å²) in [5.41, 5.74) is 3.28. The third-order valence-electron chi connectivity index (χ3n) is 3.02. The van der Waals surface area contributed by atoms with E-state index in [2.05, 4.69) is 5.32 Å². The fraction of sp³-hybridized carbons (Fsp3) is 0.188. The summed E-state index contributed by atoms with van der Waals surface area (Å²) in [4.78, 5) is 12.3. The lowest BCUT2D eigenvalue weighted by Crippen LogP contribution is -2.12. The van der Waals surface area contributed by atoms with Gasteiger partial charge in [0.1, 0.15) is 0 Å². The van der Waals surface area contributed by atoms with Gasteiger partial charge < -0.3 is 5.32 Å². The molecule has 2 aromatic rings. The monoisotopic (exact) mass is 303 g/mol. The molecule has 0 aromatic heterocycles. The first kappa shape index (κ1) is 15.3. The van der Waals surface area contributed by atoms with Crippen LogP contribution in [0.15, 0.2) is 47.4 Å². The largest absolute Gasteiger partial charge is 0.322 e. The van der Waals surface area contributed by atoms with E-state index in [0.29, 0.717) is 5.56 Å². The SMILES string of the molecule is Cc1cc(C)cc(NC(=O)c2ccc(S(C)(=O)=O)cc2)c1. The molecule has 0 saturated heterocycles. The maximum Gasteiger partial charge on any atom is 0.255 e. The Balaban J connectivity index is 2.20. The molecular formula is C16H17NO3S. The summed E-state index contributed by atoms with van der Waals surface area (Å²) >= 11 is 0. The highest BCUT2D eigenvalue weighted by molar-refractivity contribution is 7.90. The van der Waals surface area contributed by atoms with Gasteiger partial charge in [-0.15, -0.1) is 0 Å². The van der Waals surface area contributed by atoms with Gasteiger partial charge in [-0.2, -0.15) is 0 Å². The quantitative estimate of drug-likeness (QED) is 0.948. The van der Waals surface area contributed by atoms with Crippen LogP contribution in [0.4, 0.5) is 5.69 Å². The number of benzene rings is 2. The van der Waals surface area contributed by atoms with Crippen molar-refractivity contribution in [2.75, 3.05) is 11.6 Å². The van der Waals surface area contributed by atoms with Crippen molar-refractivity contribution in [1.29, 1.82) is 0 Å². The summed E-state index contributed by atoms with van der Waals surface area (Å²) in [7, 11) is -3.25. The highest BCUT2D eigenvalue weighted by Crippen LogP contribution is 2.16. The molecule has 2 aromatic carbocycles. The third-order valence-corrected chi connectivity index (χ3v) is 4.15. The van der Waals surface area contributed by atoms with Crippen LogP contribution in [0.2, 0.25) is 0 Å². The maximum atomic E-state index is 12.1. The molecule has 0 aliphatic carbocycles. The summed E-state index contributed by atoms with van der Waals surface area (Å²) in [5, 5.41) is 2.81. The van der Waals surface area contributed by atoms with Crippen molar-refractivity contribution in [3.05, 3.63) is 59.2 Å². The van der Waals surface area contributed by atoms with Gasteiger partial charge in [-0.05, 0) is 61.4 Å². The standard InChI is InChI=1S/C16H17NO3S/c1-11-8-12(2)10-14(9-11)17-16(18)13-4-6-15(7-5-13)21(3,19)20/h4-10H,1-3H3,(H,17,18). The third kappa shape index (κ3) is 3.92. The number of aryl methyl sites for hydroxylation is 2. The summed E-state index contributed by atoms with van der Waals surface area (Å²) < 4.78 is 22.8. The fourth-order valence-electron chi connectivity index (χ4n) is 2.10. The summed E-state index contributed by atoms with van der Waals surface area (Å²) in [6.45, 7) is 3.92. The number of carbonyl (C=O) groups excluding carboxylic acids is 1. The summed E-state index contributed by atoms with van der Waals surface area (Å²) in [6, 6.07) is 11.7. The van der Waals surface area contributed by atoms with Gasteiger partial charge >= 0.3 is 0 Å². The lowest BCUT2D eigenvalue weighted by molar-refractivity contribution is 0.102. The Morgan fingerprint density at radius 2 is 1.48 bits per heavy atom. The predicted octanol–water partition coefficient (Wildman–Crippen LogP) is 2.96. The molecule has 21 heavy (non-hydrogen) atoms. The second kappa shape index (κ2) is 5.69. The molecule has 0 aliphatic heterocycles. The van der Waals surface area contributed by atoms with E-state index in [-0.39, 0.29) is 10.8 Å². The topological polar surface area (TPSA) is 63.2 Å². The molecule has 110 valence electrons. The number of hydrogen-bond acceptors (Lipinski definition) is 3. The molecule has 0 radical (unpaired) electrons. The van der Waals surface area contributed by atoms with Gasteiger partial charge in [0.05, 0.1) is 4.90 Å². The molecule has 0 saturated carbocycles. The number of nitrogens with one attached hydrogen (secondary N) is 1. The highest BCUT2D eigenvalue weighted by atomic mass is 32.2. The van der Waals surface area contributed by atoms with Crippen LogP contribution in [0, 0.1) is 13.8 Å². The van der Waals surface area contributed by atoms with E-state index >= 15 is 0 Å². The Bertz CT molecular complexity index is 757. The Hall–Kier alpha value is -2.14. The van der Waals surface area contributed by atoms with Crippen LogP contribution in [0.1, 0.15) is 21.5 Å². The molecule has 0 unspecified atom stereocenters. The highest BCUT2D eigenvalue weighted by Gasteiger charge is 2.10. The Kier molecular flexibility index (Phi) is 4.14. The van der Waals surface area contributed by atoms with Crippen LogP contribution < -0.4 is 5.32 Å². The molecule has 0 aliphatic rings. The first-order valence-corrected chi connectivity index (χ1v) is 8.34. The molecule has 1 amide bonds. The zero-order chi connectivity index (χ0) is 15.6. The minimum Gasteiger partial charge on any atom is -0.322 e. The van der Waals surface area contributed by atoms with Crippen LogP contribution in [0.5, 0.6) is 0 Å². The summed E-state index contributed by atoms with van der Waals surface area (Å²) in [5.74, 6) is -0.264. The van der Waals surface area contributed by atoms with Crippen molar-refractivity contribution in [1.82, 2.24) is 0 Å². The van der Waals surface area contributed by atoms with Crippen LogP contribution in [-0.2, 0) is 9.84 Å². The predicted molar refractivity (Wildman–Crippen MR) is 83.4 cm³/mol. The van der Waals surface area contributed by atoms with Crippen LogP contribution in [-0.4, -0.2) is 20.6 Å². The number of amides is 1. The second-order valence-corrected chi connectivity index (χ2v) is 7.14. The Morgan fingerprint density at radius 3 is 1.95 bits per heavy atom. The molecule has 2 rings (SSSR count). The molecule has 0 fully saturated rings. The van der Waals surface area contributed by atoms with Gasteiger partial charge in [0, 0.05) is 17.5 Å². The van der Waals surface area contributed by atoms with Crippen LogP contribution in [0.3, 0.4) is 0 Å². The lowest BCUT2D eigenvalue weighted by Gasteiger charge is -2.08. The molecule has 4 nitrogen and oxygen atoms in total. The number of carbonyl (C=O) groups is 1. The van der Waals surface area contributed by atoms with Crippen molar-refractivity contribution in [2.24, 2.45) is 0 Å². The van der Waals surface area contributed by atoms with Crippen LogP contribution in [0.25, 0.3) is 0 Å². The lowest BCUT2D eigenvalue weighted by atomic mass is 10.1. The second-order valence-electron chi connectivity index (χ2n) is 5.13. The summed E-state index contributed by atoms with van der Waals surface area (Å²) in [6.07, 6.45) is 1.14. The first-order valence-electron chi connectivity index (χ1n) is 6.45. The first-order chi connectivity index (χ1) is 9.75. The molecule has 0 spiro atoms. The van der Waals surface area contributed by atoms with E-state index in [0.717, 1.165) is 23.1 Å². The molecular weight excluding hydrogens is 286 g/mol. The van der Waals surface area contributed by atoms with Gasteiger partial charge in [-0.25, -0.2) is 8.42 Å². The van der Waals surface area contributed by atoms with E-state index < -0.39 is 9.84 Å². The molecule has 0 bridgehead atoms. The van der Waals surface area contributed by atoms with E-state index in [1.54, 1.807) is 0 Å². The molecule has 5 heteroatoms. The van der Waals surface area contributed by atoms with Gasteiger partial charge in [-0.3, -0.25) is 4.79 Å². The number of sulfone groups is 1. The van der Waals surface area contributed by atoms with Crippen molar-refractivity contribution in [3.8, 4) is 0 Å². The number of rotatable bonds is 3. The molecule has 0 heterocycles. The van der Waals surface area contributed by atoms with Crippen LogP contribution >= 0.6 is 0 Å². The normalized spacial score (nSPS) is 11.2. The average molecular weight is 303 g/mol. The van der Waals surface area contributed by atoms with Gasteiger partial charge in [-0.1, -0.05) is 6.07 Å². The van der Waals surface area contributed by atoms with E-state index in [1.165, 1.54) is 24.3 Å². The van der Waals surface area contributed by atoms with Gasteiger partial charge in [0.25, 0.3) is 5.91 Å². The van der Waals surface area contributed by atoms with Gasteiger partial charge in [0.2, 0.25) is 0 Å².